The highest BCUT2D eigenvalue weighted by molar-refractivity contribution is 5.73. The number of rotatable bonds is 7. The van der Waals surface area contributed by atoms with Crippen LogP contribution in [0.5, 0.6) is 0 Å². The second kappa shape index (κ2) is 6.89. The van der Waals surface area contributed by atoms with Crippen molar-refractivity contribution < 1.29 is 9.90 Å². The average molecular weight is 187 g/mol. The SMILES string of the molecule is CCCCC(C(=O)O)N(CC)CC. The molecular weight excluding hydrogens is 166 g/mol. The van der Waals surface area contributed by atoms with Gasteiger partial charge in [-0.3, -0.25) is 9.69 Å². The summed E-state index contributed by atoms with van der Waals surface area (Å²) in [6, 6.07) is -0.282. The Bertz CT molecular complexity index is 144. The quantitative estimate of drug-likeness (QED) is 0.662. The molecule has 0 aliphatic heterocycles. The Morgan fingerprint density at radius 3 is 2.15 bits per heavy atom. The van der Waals surface area contributed by atoms with Crippen LogP contribution in [0.4, 0.5) is 0 Å². The highest BCUT2D eigenvalue weighted by Gasteiger charge is 2.21. The minimum absolute atomic E-state index is 0.282. The number of carboxylic acids is 1. The Labute approximate surface area is 80.7 Å². The highest BCUT2D eigenvalue weighted by atomic mass is 16.4. The van der Waals surface area contributed by atoms with Gasteiger partial charge in [0, 0.05) is 0 Å². The first-order valence-corrected chi connectivity index (χ1v) is 5.14. The Morgan fingerprint density at radius 2 is 1.85 bits per heavy atom. The largest absolute Gasteiger partial charge is 0.480 e. The number of unbranched alkanes of at least 4 members (excludes halogenated alkanes) is 1. The molecule has 0 saturated carbocycles. The summed E-state index contributed by atoms with van der Waals surface area (Å²) in [6.45, 7) is 7.73. The van der Waals surface area contributed by atoms with Crippen LogP contribution in [0.1, 0.15) is 40.0 Å². The van der Waals surface area contributed by atoms with Gasteiger partial charge in [-0.15, -0.1) is 0 Å². The second-order valence-electron chi connectivity index (χ2n) is 3.22. The normalized spacial score (nSPS) is 13.2. The van der Waals surface area contributed by atoms with Crippen LogP contribution < -0.4 is 0 Å². The molecule has 0 rings (SSSR count). The van der Waals surface area contributed by atoms with Crippen LogP contribution in [0.3, 0.4) is 0 Å². The summed E-state index contributed by atoms with van der Waals surface area (Å²) in [7, 11) is 0. The van der Waals surface area contributed by atoms with E-state index < -0.39 is 5.97 Å². The van der Waals surface area contributed by atoms with E-state index in [9.17, 15) is 4.79 Å². The van der Waals surface area contributed by atoms with Crippen LogP contribution in [0, 0.1) is 0 Å². The molecule has 0 radical (unpaired) electrons. The van der Waals surface area contributed by atoms with Gasteiger partial charge in [-0.05, 0) is 19.5 Å². The second-order valence-corrected chi connectivity index (χ2v) is 3.22. The molecule has 0 fully saturated rings. The van der Waals surface area contributed by atoms with Crippen molar-refractivity contribution >= 4 is 5.97 Å². The molecule has 0 spiro atoms. The molecule has 1 unspecified atom stereocenters. The zero-order valence-electron chi connectivity index (χ0n) is 8.92. The van der Waals surface area contributed by atoms with Gasteiger partial charge in [-0.1, -0.05) is 33.6 Å². The molecule has 0 aliphatic rings. The molecule has 0 aromatic carbocycles. The molecular formula is C10H21NO2. The Morgan fingerprint density at radius 1 is 1.31 bits per heavy atom. The third-order valence-corrected chi connectivity index (χ3v) is 2.37. The summed E-state index contributed by atoms with van der Waals surface area (Å²) in [5.41, 5.74) is 0. The maximum absolute atomic E-state index is 10.9. The Hall–Kier alpha value is -0.570. The van der Waals surface area contributed by atoms with Crippen LogP contribution in [0.15, 0.2) is 0 Å². The number of hydrogen-bond donors (Lipinski definition) is 1. The van der Waals surface area contributed by atoms with E-state index in [1.165, 1.54) is 0 Å². The van der Waals surface area contributed by atoms with E-state index in [0.29, 0.717) is 0 Å². The van der Waals surface area contributed by atoms with Gasteiger partial charge in [0.05, 0.1) is 0 Å². The lowest BCUT2D eigenvalue weighted by molar-refractivity contribution is -0.143. The molecule has 0 saturated heterocycles. The lowest BCUT2D eigenvalue weighted by Crippen LogP contribution is -2.40. The lowest BCUT2D eigenvalue weighted by Gasteiger charge is -2.25. The average Bonchev–Trinajstić information content (AvgIpc) is 2.11. The number of carbonyl (C=O) groups is 1. The molecule has 0 heterocycles. The van der Waals surface area contributed by atoms with Gasteiger partial charge >= 0.3 is 5.97 Å². The van der Waals surface area contributed by atoms with Gasteiger partial charge in [0.15, 0.2) is 0 Å². The summed E-state index contributed by atoms with van der Waals surface area (Å²) >= 11 is 0. The van der Waals surface area contributed by atoms with Crippen LogP contribution >= 0.6 is 0 Å². The first kappa shape index (κ1) is 12.4. The summed E-state index contributed by atoms with van der Waals surface area (Å²) in [4.78, 5) is 12.9. The molecule has 1 N–H and O–H groups in total. The van der Waals surface area contributed by atoms with Crippen LogP contribution in [0.25, 0.3) is 0 Å². The zero-order valence-corrected chi connectivity index (χ0v) is 8.92. The van der Waals surface area contributed by atoms with Gasteiger partial charge in [0.1, 0.15) is 6.04 Å². The van der Waals surface area contributed by atoms with Crippen molar-refractivity contribution in [3.63, 3.8) is 0 Å². The van der Waals surface area contributed by atoms with Crippen molar-refractivity contribution in [2.45, 2.75) is 46.1 Å². The van der Waals surface area contributed by atoms with E-state index in [4.69, 9.17) is 5.11 Å². The fourth-order valence-electron chi connectivity index (χ4n) is 1.52. The molecule has 0 amide bonds. The predicted octanol–water partition coefficient (Wildman–Crippen LogP) is 1.97. The molecule has 0 aliphatic carbocycles. The molecule has 3 nitrogen and oxygen atoms in total. The number of likely N-dealkylation sites (N-methyl/N-ethyl adjacent to an activating group) is 1. The number of carboxylic acid groups (broad SMARTS) is 1. The lowest BCUT2D eigenvalue weighted by atomic mass is 10.1. The van der Waals surface area contributed by atoms with E-state index in [1.807, 2.05) is 18.7 Å². The molecule has 0 bridgehead atoms. The third-order valence-electron chi connectivity index (χ3n) is 2.37. The predicted molar refractivity (Wildman–Crippen MR) is 53.9 cm³/mol. The molecule has 1 atom stereocenters. The molecule has 3 heteroatoms. The first-order chi connectivity index (χ1) is 6.17. The fourth-order valence-corrected chi connectivity index (χ4v) is 1.52. The summed E-state index contributed by atoms with van der Waals surface area (Å²) < 4.78 is 0. The summed E-state index contributed by atoms with van der Waals surface area (Å²) in [5.74, 6) is -0.683. The first-order valence-electron chi connectivity index (χ1n) is 5.14. The Kier molecular flexibility index (Phi) is 6.59. The third kappa shape index (κ3) is 4.27. The minimum atomic E-state index is -0.683. The molecule has 13 heavy (non-hydrogen) atoms. The van der Waals surface area contributed by atoms with Crippen molar-refractivity contribution in [2.24, 2.45) is 0 Å². The Balaban J connectivity index is 4.12. The molecule has 78 valence electrons. The van der Waals surface area contributed by atoms with E-state index in [1.54, 1.807) is 0 Å². The van der Waals surface area contributed by atoms with Crippen molar-refractivity contribution in [3.05, 3.63) is 0 Å². The van der Waals surface area contributed by atoms with Gasteiger partial charge in [0.2, 0.25) is 0 Å². The topological polar surface area (TPSA) is 40.5 Å². The maximum atomic E-state index is 10.9. The van der Waals surface area contributed by atoms with Gasteiger partial charge < -0.3 is 5.11 Å². The maximum Gasteiger partial charge on any atom is 0.320 e. The van der Waals surface area contributed by atoms with E-state index in [0.717, 1.165) is 32.4 Å². The number of aliphatic carboxylic acids is 1. The van der Waals surface area contributed by atoms with Crippen LogP contribution in [-0.2, 0) is 4.79 Å². The monoisotopic (exact) mass is 187 g/mol. The van der Waals surface area contributed by atoms with Crippen molar-refractivity contribution in [1.29, 1.82) is 0 Å². The number of nitrogens with zero attached hydrogens (tertiary/aromatic N) is 1. The smallest absolute Gasteiger partial charge is 0.320 e. The fraction of sp³-hybridized carbons (Fsp3) is 0.900. The summed E-state index contributed by atoms with van der Waals surface area (Å²) in [5, 5.41) is 8.99. The molecule has 0 aromatic rings. The van der Waals surface area contributed by atoms with E-state index in [-0.39, 0.29) is 6.04 Å². The van der Waals surface area contributed by atoms with E-state index in [2.05, 4.69) is 6.92 Å². The van der Waals surface area contributed by atoms with Crippen LogP contribution in [-0.4, -0.2) is 35.1 Å². The van der Waals surface area contributed by atoms with Crippen molar-refractivity contribution in [1.82, 2.24) is 4.90 Å². The van der Waals surface area contributed by atoms with Crippen LogP contribution in [0.2, 0.25) is 0 Å². The zero-order chi connectivity index (χ0) is 10.3. The van der Waals surface area contributed by atoms with Gasteiger partial charge in [-0.2, -0.15) is 0 Å². The van der Waals surface area contributed by atoms with Gasteiger partial charge in [-0.25, -0.2) is 0 Å². The van der Waals surface area contributed by atoms with Crippen molar-refractivity contribution in [3.8, 4) is 0 Å². The van der Waals surface area contributed by atoms with Crippen molar-refractivity contribution in [2.75, 3.05) is 13.1 Å². The summed E-state index contributed by atoms with van der Waals surface area (Å²) in [6.07, 6.45) is 2.83. The number of hydrogen-bond acceptors (Lipinski definition) is 2. The van der Waals surface area contributed by atoms with E-state index >= 15 is 0 Å². The minimum Gasteiger partial charge on any atom is -0.480 e. The standard InChI is InChI=1S/C10H21NO2/c1-4-7-8-9(10(12)13)11(5-2)6-3/h9H,4-8H2,1-3H3,(H,12,13). The molecule has 0 aromatic heterocycles. The highest BCUT2D eigenvalue weighted by Crippen LogP contribution is 2.08. The van der Waals surface area contributed by atoms with Gasteiger partial charge in [0.25, 0.3) is 0 Å².